The Morgan fingerprint density at radius 1 is 0.731 bits per heavy atom. The van der Waals surface area contributed by atoms with Crippen molar-refractivity contribution in [1.29, 1.82) is 0 Å². The van der Waals surface area contributed by atoms with Crippen molar-refractivity contribution in [2.45, 2.75) is 46.1 Å². The smallest absolute Gasteiger partial charge is 0.0416 e. The van der Waals surface area contributed by atoms with Gasteiger partial charge < -0.3 is 4.90 Å². The molecule has 1 heteroatoms. The standard InChI is InChI=1S/C25H27N/c1-17(2)26(19-12-10-18(3)11-13-19)20-14-15-22-21-8-6-7-9-23(21)25(4,5)24(22)16-20/h6-17H,1-5H3. The summed E-state index contributed by atoms with van der Waals surface area (Å²) in [4.78, 5) is 2.43. The quantitative estimate of drug-likeness (QED) is 0.503. The third-order valence-electron chi connectivity index (χ3n) is 5.67. The molecule has 3 aromatic carbocycles. The molecule has 0 radical (unpaired) electrons. The molecule has 0 spiro atoms. The van der Waals surface area contributed by atoms with Crippen LogP contribution in [0.2, 0.25) is 0 Å². The summed E-state index contributed by atoms with van der Waals surface area (Å²) in [6, 6.07) is 25.0. The molecule has 1 nitrogen and oxygen atoms in total. The number of rotatable bonds is 3. The minimum Gasteiger partial charge on any atom is -0.339 e. The molecule has 0 saturated heterocycles. The highest BCUT2D eigenvalue weighted by atomic mass is 15.2. The molecule has 0 aromatic heterocycles. The van der Waals surface area contributed by atoms with Crippen LogP contribution < -0.4 is 4.90 Å². The predicted molar refractivity (Wildman–Crippen MR) is 112 cm³/mol. The van der Waals surface area contributed by atoms with Gasteiger partial charge >= 0.3 is 0 Å². The number of anilines is 2. The zero-order valence-corrected chi connectivity index (χ0v) is 16.4. The SMILES string of the molecule is Cc1ccc(N(c2ccc3c(c2)C(C)(C)c2ccccc2-3)C(C)C)cc1. The Kier molecular flexibility index (Phi) is 3.91. The van der Waals surface area contributed by atoms with Gasteiger partial charge in [-0.3, -0.25) is 0 Å². The number of hydrogen-bond acceptors (Lipinski definition) is 1. The predicted octanol–water partition coefficient (Wildman–Crippen LogP) is 6.85. The minimum atomic E-state index is 0.0395. The van der Waals surface area contributed by atoms with Gasteiger partial charge in [-0.25, -0.2) is 0 Å². The van der Waals surface area contributed by atoms with Crippen LogP contribution in [0.15, 0.2) is 66.7 Å². The number of aryl methyl sites for hydroxylation is 1. The highest BCUT2D eigenvalue weighted by Gasteiger charge is 2.35. The van der Waals surface area contributed by atoms with E-state index in [4.69, 9.17) is 0 Å². The van der Waals surface area contributed by atoms with Crippen molar-refractivity contribution in [1.82, 2.24) is 0 Å². The molecule has 0 unspecified atom stereocenters. The van der Waals surface area contributed by atoms with Gasteiger partial charge in [0.15, 0.2) is 0 Å². The van der Waals surface area contributed by atoms with Gasteiger partial charge in [0.1, 0.15) is 0 Å². The molecule has 0 heterocycles. The Hall–Kier alpha value is -2.54. The van der Waals surface area contributed by atoms with Crippen LogP contribution in [0.5, 0.6) is 0 Å². The second-order valence-electron chi connectivity index (χ2n) is 8.20. The van der Waals surface area contributed by atoms with Crippen LogP contribution in [0.1, 0.15) is 44.4 Å². The van der Waals surface area contributed by atoms with Crippen LogP contribution in [-0.4, -0.2) is 6.04 Å². The van der Waals surface area contributed by atoms with Crippen molar-refractivity contribution in [3.05, 3.63) is 83.4 Å². The number of fused-ring (bicyclic) bond motifs is 3. The van der Waals surface area contributed by atoms with Crippen molar-refractivity contribution in [3.8, 4) is 11.1 Å². The van der Waals surface area contributed by atoms with E-state index in [2.05, 4.69) is 106 Å². The maximum Gasteiger partial charge on any atom is 0.0416 e. The lowest BCUT2D eigenvalue weighted by Gasteiger charge is -2.31. The van der Waals surface area contributed by atoms with E-state index in [1.165, 1.54) is 39.2 Å². The Morgan fingerprint density at radius 3 is 2.04 bits per heavy atom. The summed E-state index contributed by atoms with van der Waals surface area (Å²) < 4.78 is 0. The van der Waals surface area contributed by atoms with Crippen molar-refractivity contribution >= 4 is 11.4 Å². The number of nitrogens with zero attached hydrogens (tertiary/aromatic N) is 1. The van der Waals surface area contributed by atoms with Crippen LogP contribution in [0.3, 0.4) is 0 Å². The first-order chi connectivity index (χ1) is 12.4. The van der Waals surface area contributed by atoms with E-state index in [1.807, 2.05) is 0 Å². The zero-order valence-electron chi connectivity index (χ0n) is 16.4. The molecule has 0 saturated carbocycles. The Morgan fingerprint density at radius 2 is 1.35 bits per heavy atom. The average molecular weight is 341 g/mol. The van der Waals surface area contributed by atoms with Crippen molar-refractivity contribution < 1.29 is 0 Å². The third-order valence-corrected chi connectivity index (χ3v) is 5.67. The van der Waals surface area contributed by atoms with E-state index in [9.17, 15) is 0 Å². The largest absolute Gasteiger partial charge is 0.339 e. The molecule has 4 rings (SSSR count). The van der Waals surface area contributed by atoms with Crippen LogP contribution in [0.4, 0.5) is 11.4 Å². The van der Waals surface area contributed by atoms with Gasteiger partial charge in [-0.2, -0.15) is 0 Å². The summed E-state index contributed by atoms with van der Waals surface area (Å²) in [5.74, 6) is 0. The lowest BCUT2D eigenvalue weighted by molar-refractivity contribution is 0.659. The monoisotopic (exact) mass is 341 g/mol. The molecular formula is C25H27N. The van der Waals surface area contributed by atoms with Crippen molar-refractivity contribution in [3.63, 3.8) is 0 Å². The van der Waals surface area contributed by atoms with E-state index < -0.39 is 0 Å². The van der Waals surface area contributed by atoms with E-state index in [0.717, 1.165) is 0 Å². The molecule has 1 aliphatic rings. The third kappa shape index (κ3) is 2.54. The molecule has 26 heavy (non-hydrogen) atoms. The van der Waals surface area contributed by atoms with Gasteiger partial charge in [-0.15, -0.1) is 0 Å². The van der Waals surface area contributed by atoms with E-state index >= 15 is 0 Å². The van der Waals surface area contributed by atoms with Crippen LogP contribution in [0.25, 0.3) is 11.1 Å². The van der Waals surface area contributed by atoms with Gasteiger partial charge in [-0.1, -0.05) is 61.9 Å². The summed E-state index contributed by atoms with van der Waals surface area (Å²) >= 11 is 0. The lowest BCUT2D eigenvalue weighted by atomic mass is 9.82. The van der Waals surface area contributed by atoms with E-state index in [0.29, 0.717) is 6.04 Å². The number of hydrogen-bond donors (Lipinski definition) is 0. The molecule has 0 aliphatic heterocycles. The van der Waals surface area contributed by atoms with E-state index in [-0.39, 0.29) is 5.41 Å². The fourth-order valence-electron chi connectivity index (χ4n) is 4.29. The van der Waals surface area contributed by atoms with Gasteiger partial charge in [0, 0.05) is 22.8 Å². The van der Waals surface area contributed by atoms with Crippen molar-refractivity contribution in [2.75, 3.05) is 4.90 Å². The van der Waals surface area contributed by atoms with Crippen LogP contribution >= 0.6 is 0 Å². The summed E-state index contributed by atoms with van der Waals surface area (Å²) in [5, 5.41) is 0. The average Bonchev–Trinajstić information content (AvgIpc) is 2.85. The zero-order chi connectivity index (χ0) is 18.5. The van der Waals surface area contributed by atoms with Crippen LogP contribution in [0, 0.1) is 6.92 Å². The van der Waals surface area contributed by atoms with Gasteiger partial charge in [-0.05, 0) is 67.3 Å². The molecule has 0 N–H and O–H groups in total. The lowest BCUT2D eigenvalue weighted by Crippen LogP contribution is -2.26. The maximum absolute atomic E-state index is 2.43. The second kappa shape index (κ2) is 6.02. The first-order valence-corrected chi connectivity index (χ1v) is 9.50. The Balaban J connectivity index is 1.85. The van der Waals surface area contributed by atoms with Gasteiger partial charge in [0.05, 0.1) is 0 Å². The van der Waals surface area contributed by atoms with Crippen molar-refractivity contribution in [2.24, 2.45) is 0 Å². The molecular weight excluding hydrogens is 314 g/mol. The first kappa shape index (κ1) is 16.9. The van der Waals surface area contributed by atoms with Gasteiger partial charge in [0.2, 0.25) is 0 Å². The van der Waals surface area contributed by atoms with E-state index in [1.54, 1.807) is 0 Å². The summed E-state index contributed by atoms with van der Waals surface area (Å²) in [5.41, 5.74) is 9.46. The summed E-state index contributed by atoms with van der Waals surface area (Å²) in [6.07, 6.45) is 0. The highest BCUT2D eigenvalue weighted by Crippen LogP contribution is 2.49. The van der Waals surface area contributed by atoms with Gasteiger partial charge in [0.25, 0.3) is 0 Å². The summed E-state index contributed by atoms with van der Waals surface area (Å²) in [7, 11) is 0. The summed E-state index contributed by atoms with van der Waals surface area (Å²) in [6.45, 7) is 11.3. The topological polar surface area (TPSA) is 3.24 Å². The number of benzene rings is 3. The molecule has 3 aromatic rings. The maximum atomic E-state index is 2.43. The fourth-order valence-corrected chi connectivity index (χ4v) is 4.29. The molecule has 0 atom stereocenters. The van der Waals surface area contributed by atoms with Crippen LogP contribution in [-0.2, 0) is 5.41 Å². The Bertz CT molecular complexity index is 948. The highest BCUT2D eigenvalue weighted by molar-refractivity contribution is 5.83. The minimum absolute atomic E-state index is 0.0395. The molecule has 0 fully saturated rings. The molecule has 132 valence electrons. The fraction of sp³-hybridized carbons (Fsp3) is 0.280. The molecule has 0 amide bonds. The molecule has 0 bridgehead atoms. The molecule has 1 aliphatic carbocycles. The first-order valence-electron chi connectivity index (χ1n) is 9.50. The second-order valence-corrected chi connectivity index (χ2v) is 8.20. The Labute approximate surface area is 157 Å². The normalized spacial score (nSPS) is 14.2.